The molecular weight excluding hydrogens is 486 g/mol. The number of unbranched alkanes of at least 4 members (excludes halogenated alkanes) is 1. The van der Waals surface area contributed by atoms with E-state index in [-0.39, 0.29) is 23.8 Å². The lowest BCUT2D eigenvalue weighted by Gasteiger charge is -2.35. The Morgan fingerprint density at radius 1 is 1.03 bits per heavy atom. The predicted molar refractivity (Wildman–Crippen MR) is 147 cm³/mol. The summed E-state index contributed by atoms with van der Waals surface area (Å²) in [7, 11) is 1.55. The van der Waals surface area contributed by atoms with Crippen molar-refractivity contribution in [3.63, 3.8) is 0 Å². The van der Waals surface area contributed by atoms with E-state index in [1.165, 1.54) is 11.0 Å². The number of ether oxygens (including phenoxy) is 2. The van der Waals surface area contributed by atoms with Crippen LogP contribution >= 0.6 is 0 Å². The van der Waals surface area contributed by atoms with Crippen LogP contribution in [0.1, 0.15) is 66.0 Å². The van der Waals surface area contributed by atoms with E-state index >= 15 is 0 Å². The van der Waals surface area contributed by atoms with Crippen LogP contribution in [0.25, 0.3) is 0 Å². The summed E-state index contributed by atoms with van der Waals surface area (Å²) in [4.78, 5) is 41.8. The van der Waals surface area contributed by atoms with E-state index in [9.17, 15) is 19.5 Å². The summed E-state index contributed by atoms with van der Waals surface area (Å²) in [6, 6.07) is 11.1. The molecule has 0 fully saturated rings. The number of carbonyl (C=O) groups excluding carboxylic acids is 3. The molecular formula is C29H41N3O6. The Morgan fingerprint density at radius 2 is 1.66 bits per heavy atom. The van der Waals surface area contributed by atoms with Gasteiger partial charge in [-0.1, -0.05) is 45.4 Å². The minimum Gasteiger partial charge on any atom is -0.508 e. The van der Waals surface area contributed by atoms with Crippen molar-refractivity contribution in [2.24, 2.45) is 5.92 Å². The van der Waals surface area contributed by atoms with Crippen LogP contribution in [0.3, 0.4) is 0 Å². The van der Waals surface area contributed by atoms with Crippen molar-refractivity contribution in [3.05, 3.63) is 54.1 Å². The number of para-hydroxylation sites is 1. The van der Waals surface area contributed by atoms with Gasteiger partial charge in [-0.3, -0.25) is 9.59 Å². The van der Waals surface area contributed by atoms with E-state index in [4.69, 9.17) is 9.47 Å². The van der Waals surface area contributed by atoms with Crippen LogP contribution in [0.4, 0.5) is 10.5 Å². The van der Waals surface area contributed by atoms with E-state index < -0.39 is 35.6 Å². The Hall–Kier alpha value is -3.75. The van der Waals surface area contributed by atoms with Gasteiger partial charge in [0.2, 0.25) is 5.91 Å². The molecule has 0 spiro atoms. The number of nitrogens with one attached hydrogen (secondary N) is 2. The van der Waals surface area contributed by atoms with Gasteiger partial charge in [0.05, 0.1) is 7.11 Å². The van der Waals surface area contributed by atoms with Gasteiger partial charge in [0.15, 0.2) is 0 Å². The molecule has 3 amide bonds. The van der Waals surface area contributed by atoms with Gasteiger partial charge in [0, 0.05) is 17.8 Å². The number of benzene rings is 2. The van der Waals surface area contributed by atoms with Crippen LogP contribution in [-0.4, -0.2) is 53.2 Å². The highest BCUT2D eigenvalue weighted by molar-refractivity contribution is 5.99. The number of hydrogen-bond acceptors (Lipinski definition) is 6. The molecule has 0 aliphatic rings. The summed E-state index contributed by atoms with van der Waals surface area (Å²) in [6.45, 7) is 11.1. The van der Waals surface area contributed by atoms with Gasteiger partial charge in [-0.15, -0.1) is 0 Å². The lowest BCUT2D eigenvalue weighted by atomic mass is 9.98. The highest BCUT2D eigenvalue weighted by Gasteiger charge is 2.38. The molecule has 2 rings (SSSR count). The van der Waals surface area contributed by atoms with Crippen molar-refractivity contribution >= 4 is 23.6 Å². The van der Waals surface area contributed by atoms with Crippen molar-refractivity contribution in [2.45, 2.75) is 72.1 Å². The maximum atomic E-state index is 14.0. The Balaban J connectivity index is 2.50. The van der Waals surface area contributed by atoms with Crippen molar-refractivity contribution in [3.8, 4) is 11.5 Å². The Bertz CT molecular complexity index is 1080. The molecule has 2 aromatic carbocycles. The highest BCUT2D eigenvalue weighted by atomic mass is 16.6. The lowest BCUT2D eigenvalue weighted by molar-refractivity contribution is -0.141. The van der Waals surface area contributed by atoms with Gasteiger partial charge in [-0.25, -0.2) is 4.79 Å². The molecule has 0 bridgehead atoms. The third-order valence-corrected chi connectivity index (χ3v) is 5.79. The number of hydrogen-bond donors (Lipinski definition) is 3. The van der Waals surface area contributed by atoms with Gasteiger partial charge in [-0.2, -0.15) is 0 Å². The smallest absolute Gasteiger partial charge is 0.408 e. The van der Waals surface area contributed by atoms with E-state index in [0.717, 1.165) is 6.42 Å². The number of phenolic OH excluding ortho intramolecular Hbond substituents is 1. The summed E-state index contributed by atoms with van der Waals surface area (Å²) in [5, 5.41) is 16.3. The molecule has 38 heavy (non-hydrogen) atoms. The fraction of sp³-hybridized carbons (Fsp3) is 0.483. The molecule has 0 radical (unpaired) electrons. The molecule has 2 atom stereocenters. The average molecular weight is 528 g/mol. The first-order valence-electron chi connectivity index (χ1n) is 12.9. The predicted octanol–water partition coefficient (Wildman–Crippen LogP) is 5.26. The van der Waals surface area contributed by atoms with Crippen LogP contribution in [0.5, 0.6) is 11.5 Å². The quantitative estimate of drug-likeness (QED) is 0.367. The third-order valence-electron chi connectivity index (χ3n) is 5.79. The van der Waals surface area contributed by atoms with Crippen molar-refractivity contribution < 1.29 is 29.0 Å². The van der Waals surface area contributed by atoms with Gasteiger partial charge in [-0.05, 0) is 63.4 Å². The molecule has 0 aromatic heterocycles. The number of anilines is 1. The SMILES string of the molecule is CCCCN(C(=O)C(NC(=O)OC(C)(C)C)C(C)C)C(C(=O)Nc1ccc(OC)cc1)c1ccccc1O. The minimum absolute atomic E-state index is 0.113. The molecule has 3 N–H and O–H groups in total. The molecule has 0 saturated heterocycles. The zero-order valence-electron chi connectivity index (χ0n) is 23.4. The third kappa shape index (κ3) is 8.68. The number of alkyl carbamates (subject to hydrolysis) is 1. The molecule has 2 aromatic rings. The van der Waals surface area contributed by atoms with Gasteiger partial charge < -0.3 is 30.1 Å². The van der Waals surface area contributed by atoms with Crippen LogP contribution in [0, 0.1) is 5.92 Å². The van der Waals surface area contributed by atoms with Gasteiger partial charge in [0.25, 0.3) is 5.91 Å². The fourth-order valence-electron chi connectivity index (χ4n) is 3.88. The first-order valence-corrected chi connectivity index (χ1v) is 12.9. The summed E-state index contributed by atoms with van der Waals surface area (Å²) >= 11 is 0. The average Bonchev–Trinajstić information content (AvgIpc) is 2.84. The number of methoxy groups -OCH3 is 1. The second-order valence-corrected chi connectivity index (χ2v) is 10.4. The normalized spacial score (nSPS) is 12.8. The summed E-state index contributed by atoms with van der Waals surface area (Å²) < 4.78 is 10.6. The first-order chi connectivity index (χ1) is 17.9. The molecule has 0 heterocycles. The number of aromatic hydroxyl groups is 1. The van der Waals surface area contributed by atoms with Crippen molar-refractivity contribution in [1.82, 2.24) is 10.2 Å². The molecule has 2 unspecified atom stereocenters. The zero-order chi connectivity index (χ0) is 28.5. The fourth-order valence-corrected chi connectivity index (χ4v) is 3.88. The number of rotatable bonds is 11. The monoisotopic (exact) mass is 527 g/mol. The maximum absolute atomic E-state index is 14.0. The molecule has 208 valence electrons. The van der Waals surface area contributed by atoms with Gasteiger partial charge >= 0.3 is 6.09 Å². The molecule has 0 aliphatic heterocycles. The van der Waals surface area contributed by atoms with Crippen LogP contribution < -0.4 is 15.4 Å². The number of phenols is 1. The van der Waals surface area contributed by atoms with Crippen molar-refractivity contribution in [2.75, 3.05) is 19.0 Å². The second-order valence-electron chi connectivity index (χ2n) is 10.4. The Labute approximate surface area is 225 Å². The number of amides is 3. The molecule has 9 nitrogen and oxygen atoms in total. The summed E-state index contributed by atoms with van der Waals surface area (Å²) in [6.07, 6.45) is 0.660. The lowest BCUT2D eigenvalue weighted by Crippen LogP contribution is -2.54. The second kappa shape index (κ2) is 13.7. The maximum Gasteiger partial charge on any atom is 0.408 e. The van der Waals surface area contributed by atoms with Crippen LogP contribution in [0.15, 0.2) is 48.5 Å². The number of nitrogens with zero attached hydrogens (tertiary/aromatic N) is 1. The van der Waals surface area contributed by atoms with E-state index in [2.05, 4.69) is 10.6 Å². The van der Waals surface area contributed by atoms with Crippen molar-refractivity contribution in [1.29, 1.82) is 0 Å². The molecule has 0 aliphatic carbocycles. The van der Waals surface area contributed by atoms with E-state index in [1.807, 2.05) is 20.8 Å². The first kappa shape index (κ1) is 30.5. The minimum atomic E-state index is -1.15. The van der Waals surface area contributed by atoms with Crippen LogP contribution in [-0.2, 0) is 14.3 Å². The largest absolute Gasteiger partial charge is 0.508 e. The molecule has 9 heteroatoms. The van der Waals surface area contributed by atoms with Gasteiger partial charge in [0.1, 0.15) is 29.2 Å². The summed E-state index contributed by atoms with van der Waals surface area (Å²) in [5.41, 5.74) is 0.0434. The standard InChI is InChI=1S/C29H41N3O6/c1-8-9-18-32(27(35)24(19(2)3)31-28(36)38-29(4,5)6)25(22-12-10-11-13-23(22)33)26(34)30-20-14-16-21(37-7)17-15-20/h10-17,19,24-25,33H,8-9,18H2,1-7H3,(H,30,34)(H,31,36). The molecule has 0 saturated carbocycles. The topological polar surface area (TPSA) is 117 Å². The summed E-state index contributed by atoms with van der Waals surface area (Å²) in [5.74, 6) is -0.724. The van der Waals surface area contributed by atoms with E-state index in [1.54, 1.807) is 70.3 Å². The highest BCUT2D eigenvalue weighted by Crippen LogP contribution is 2.31. The van der Waals surface area contributed by atoms with E-state index in [0.29, 0.717) is 17.9 Å². The Kier molecular flexibility index (Phi) is 11.0. The van der Waals surface area contributed by atoms with Crippen LogP contribution in [0.2, 0.25) is 0 Å². The Morgan fingerprint density at radius 3 is 2.18 bits per heavy atom. The zero-order valence-corrected chi connectivity index (χ0v) is 23.4. The number of carbonyl (C=O) groups is 3.